The Morgan fingerprint density at radius 3 is 2.65 bits per heavy atom. The lowest BCUT2D eigenvalue weighted by molar-refractivity contribution is 0.459. The lowest BCUT2D eigenvalue weighted by Crippen LogP contribution is -2.16. The summed E-state index contributed by atoms with van der Waals surface area (Å²) in [7, 11) is 0. The van der Waals surface area contributed by atoms with E-state index in [1.807, 2.05) is 11.9 Å². The van der Waals surface area contributed by atoms with Gasteiger partial charge in [0.2, 0.25) is 0 Å². The molecule has 1 aliphatic heterocycles. The molecule has 0 fully saturated rings. The van der Waals surface area contributed by atoms with Gasteiger partial charge in [-0.05, 0) is 90.1 Å². The molecule has 0 atom stereocenters. The van der Waals surface area contributed by atoms with Gasteiger partial charge in [0, 0.05) is 18.0 Å². The Kier molecular flexibility index (Phi) is 6.86. The van der Waals surface area contributed by atoms with E-state index in [1.165, 1.54) is 39.1 Å². The van der Waals surface area contributed by atoms with Gasteiger partial charge >= 0.3 is 0 Å². The Bertz CT molecular complexity index is 1040. The molecule has 0 saturated carbocycles. The zero-order chi connectivity index (χ0) is 21.8. The standard InChI is InChI=1S/C26H32N4S/c1-3-21-15-20(16-24(29-28)26(21)27)13-19-11-10-18(2)23(14-19)17-30-12-6-8-22-7-4-5-9-25(22)31-30/h4-5,7,9-11,14-16,29H,3,6,8,12-13,17,27-28H2,1-2H3. The van der Waals surface area contributed by atoms with Crippen molar-refractivity contribution >= 4 is 23.3 Å². The van der Waals surface area contributed by atoms with E-state index in [-0.39, 0.29) is 0 Å². The van der Waals surface area contributed by atoms with Crippen LogP contribution in [0.15, 0.2) is 59.5 Å². The molecule has 1 aliphatic rings. The molecule has 0 spiro atoms. The first-order valence-electron chi connectivity index (χ1n) is 11.0. The molecule has 0 amide bonds. The quantitative estimate of drug-likeness (QED) is 0.209. The molecule has 3 aromatic rings. The van der Waals surface area contributed by atoms with Crippen LogP contribution in [0.3, 0.4) is 0 Å². The maximum absolute atomic E-state index is 6.21. The molecule has 0 aliphatic carbocycles. The average Bonchev–Trinajstić information content (AvgIpc) is 2.98. The summed E-state index contributed by atoms with van der Waals surface area (Å²) in [5.41, 5.74) is 18.4. The summed E-state index contributed by atoms with van der Waals surface area (Å²) in [6.45, 7) is 6.39. The second-order valence-electron chi connectivity index (χ2n) is 8.32. The molecule has 0 unspecified atom stereocenters. The number of nitrogens with one attached hydrogen (secondary N) is 1. The zero-order valence-corrected chi connectivity index (χ0v) is 19.3. The Morgan fingerprint density at radius 1 is 1.03 bits per heavy atom. The summed E-state index contributed by atoms with van der Waals surface area (Å²) < 4.78 is 2.51. The molecular formula is C26H32N4S. The van der Waals surface area contributed by atoms with Crippen molar-refractivity contribution in [2.24, 2.45) is 5.84 Å². The highest BCUT2D eigenvalue weighted by atomic mass is 32.2. The van der Waals surface area contributed by atoms with Crippen molar-refractivity contribution in [1.82, 2.24) is 4.31 Å². The number of nitrogens with two attached hydrogens (primary N) is 2. The number of rotatable bonds is 6. The smallest absolute Gasteiger partial charge is 0.0721 e. The van der Waals surface area contributed by atoms with Crippen LogP contribution in [0.5, 0.6) is 0 Å². The van der Waals surface area contributed by atoms with Crippen molar-refractivity contribution in [1.29, 1.82) is 0 Å². The monoisotopic (exact) mass is 432 g/mol. The van der Waals surface area contributed by atoms with E-state index in [9.17, 15) is 0 Å². The van der Waals surface area contributed by atoms with E-state index < -0.39 is 0 Å². The van der Waals surface area contributed by atoms with E-state index in [0.717, 1.165) is 49.3 Å². The molecule has 5 N–H and O–H groups in total. The first kappa shape index (κ1) is 21.8. The van der Waals surface area contributed by atoms with E-state index >= 15 is 0 Å². The summed E-state index contributed by atoms with van der Waals surface area (Å²) in [6, 6.07) is 19.9. The molecule has 162 valence electrons. The molecule has 0 bridgehead atoms. The first-order valence-corrected chi connectivity index (χ1v) is 11.8. The molecule has 31 heavy (non-hydrogen) atoms. The molecule has 0 radical (unpaired) electrons. The SMILES string of the molecule is CCc1cc(Cc2ccc(C)c(CN3CCCc4ccccc4S3)c2)cc(NN)c1N. The van der Waals surface area contributed by atoms with E-state index in [1.54, 1.807) is 0 Å². The van der Waals surface area contributed by atoms with Gasteiger partial charge in [-0.3, -0.25) is 5.84 Å². The highest BCUT2D eigenvalue weighted by Crippen LogP contribution is 2.33. The second-order valence-corrected chi connectivity index (χ2v) is 9.46. The molecule has 4 nitrogen and oxygen atoms in total. The average molecular weight is 433 g/mol. The number of anilines is 2. The van der Waals surface area contributed by atoms with Gasteiger partial charge in [0.25, 0.3) is 0 Å². The summed E-state index contributed by atoms with van der Waals surface area (Å²) >= 11 is 1.90. The van der Waals surface area contributed by atoms with Gasteiger partial charge in [-0.1, -0.05) is 49.4 Å². The summed E-state index contributed by atoms with van der Waals surface area (Å²) in [6.07, 6.45) is 4.11. The number of fused-ring (bicyclic) bond motifs is 1. The normalized spacial score (nSPS) is 14.2. The minimum Gasteiger partial charge on any atom is -0.397 e. The largest absolute Gasteiger partial charge is 0.397 e. The third kappa shape index (κ3) is 5.06. The number of nitrogen functional groups attached to an aromatic ring is 2. The number of hydrogen-bond acceptors (Lipinski definition) is 5. The van der Waals surface area contributed by atoms with Crippen LogP contribution in [-0.4, -0.2) is 10.8 Å². The van der Waals surface area contributed by atoms with Crippen LogP contribution >= 0.6 is 11.9 Å². The number of hydrazine groups is 1. The number of nitrogens with zero attached hydrogens (tertiary/aromatic N) is 1. The fourth-order valence-electron chi connectivity index (χ4n) is 4.27. The summed E-state index contributed by atoms with van der Waals surface area (Å²) in [5, 5.41) is 0. The van der Waals surface area contributed by atoms with E-state index in [4.69, 9.17) is 11.6 Å². The Balaban J connectivity index is 1.54. The van der Waals surface area contributed by atoms with Crippen molar-refractivity contribution in [3.05, 3.63) is 88.0 Å². The molecule has 5 heteroatoms. The molecular weight excluding hydrogens is 400 g/mol. The van der Waals surface area contributed by atoms with E-state index in [2.05, 4.69) is 78.2 Å². The van der Waals surface area contributed by atoms with Gasteiger partial charge in [-0.2, -0.15) is 0 Å². The maximum Gasteiger partial charge on any atom is 0.0721 e. The van der Waals surface area contributed by atoms with Gasteiger partial charge in [0.15, 0.2) is 0 Å². The molecule has 1 heterocycles. The van der Waals surface area contributed by atoms with Crippen molar-refractivity contribution in [2.45, 2.75) is 51.0 Å². The predicted octanol–water partition coefficient (Wildman–Crippen LogP) is 5.47. The second kappa shape index (κ2) is 9.77. The fraction of sp³-hybridized carbons (Fsp3) is 0.308. The van der Waals surface area contributed by atoms with Crippen LogP contribution in [0.1, 0.15) is 46.7 Å². The number of hydrogen-bond donors (Lipinski definition) is 3. The fourth-order valence-corrected chi connectivity index (χ4v) is 5.39. The highest BCUT2D eigenvalue weighted by Gasteiger charge is 2.16. The highest BCUT2D eigenvalue weighted by molar-refractivity contribution is 7.97. The van der Waals surface area contributed by atoms with Crippen LogP contribution in [0.25, 0.3) is 0 Å². The van der Waals surface area contributed by atoms with Crippen molar-refractivity contribution in [3.63, 3.8) is 0 Å². The summed E-state index contributed by atoms with van der Waals surface area (Å²) in [4.78, 5) is 1.39. The van der Waals surface area contributed by atoms with Crippen LogP contribution in [0, 0.1) is 6.92 Å². The van der Waals surface area contributed by atoms with Crippen LogP contribution in [-0.2, 0) is 25.8 Å². The topological polar surface area (TPSA) is 67.3 Å². The summed E-state index contributed by atoms with van der Waals surface area (Å²) in [5.74, 6) is 5.69. The third-order valence-corrected chi connectivity index (χ3v) is 7.25. The van der Waals surface area contributed by atoms with Crippen LogP contribution in [0.2, 0.25) is 0 Å². The van der Waals surface area contributed by atoms with Crippen molar-refractivity contribution in [3.8, 4) is 0 Å². The van der Waals surface area contributed by atoms with Crippen molar-refractivity contribution in [2.75, 3.05) is 17.7 Å². The Morgan fingerprint density at radius 2 is 1.84 bits per heavy atom. The van der Waals surface area contributed by atoms with Gasteiger partial charge in [-0.25, -0.2) is 4.31 Å². The number of aryl methyl sites for hydroxylation is 3. The van der Waals surface area contributed by atoms with Gasteiger partial charge in [0.1, 0.15) is 0 Å². The zero-order valence-electron chi connectivity index (χ0n) is 18.4. The first-order chi connectivity index (χ1) is 15.1. The van der Waals surface area contributed by atoms with Crippen molar-refractivity contribution < 1.29 is 0 Å². The minimum atomic E-state index is 0.747. The van der Waals surface area contributed by atoms with Gasteiger partial charge in [0.05, 0.1) is 11.4 Å². The van der Waals surface area contributed by atoms with Crippen LogP contribution < -0.4 is 17.0 Å². The Labute approximate surface area is 190 Å². The van der Waals surface area contributed by atoms with Crippen LogP contribution in [0.4, 0.5) is 11.4 Å². The van der Waals surface area contributed by atoms with E-state index in [0.29, 0.717) is 0 Å². The van der Waals surface area contributed by atoms with Gasteiger partial charge in [-0.15, -0.1) is 0 Å². The third-order valence-electron chi connectivity index (χ3n) is 6.08. The molecule has 0 aromatic heterocycles. The lowest BCUT2D eigenvalue weighted by atomic mass is 9.97. The van der Waals surface area contributed by atoms with Gasteiger partial charge < -0.3 is 11.2 Å². The minimum absolute atomic E-state index is 0.747. The predicted molar refractivity (Wildman–Crippen MR) is 133 cm³/mol. The Hall–Kier alpha value is -2.47. The number of benzene rings is 3. The maximum atomic E-state index is 6.21. The molecule has 3 aromatic carbocycles. The molecule has 0 saturated heterocycles. The molecule has 4 rings (SSSR count). The lowest BCUT2D eigenvalue weighted by Gasteiger charge is -2.21.